The number of rotatable bonds is 3. The third-order valence-corrected chi connectivity index (χ3v) is 3.68. The maximum Gasteiger partial charge on any atom is 0.414 e. The van der Waals surface area contributed by atoms with E-state index in [1.54, 1.807) is 4.90 Å². The van der Waals surface area contributed by atoms with E-state index in [0.717, 1.165) is 28.6 Å². The number of carbonyl (C=O) groups excluding carboxylic acids is 1. The van der Waals surface area contributed by atoms with Gasteiger partial charge >= 0.3 is 6.09 Å². The SMILES string of the molecule is Cc1ccc(N2CCC(CCN)OC2=O)c(Br)c1. The topological polar surface area (TPSA) is 55.6 Å². The summed E-state index contributed by atoms with van der Waals surface area (Å²) in [5.74, 6) is 0. The molecule has 1 saturated heterocycles. The molecule has 0 aliphatic carbocycles. The van der Waals surface area contributed by atoms with Gasteiger partial charge in [0, 0.05) is 17.4 Å². The van der Waals surface area contributed by atoms with Gasteiger partial charge in [-0.25, -0.2) is 4.79 Å². The predicted molar refractivity (Wildman–Crippen MR) is 74.8 cm³/mol. The van der Waals surface area contributed by atoms with Gasteiger partial charge in [-0.15, -0.1) is 0 Å². The van der Waals surface area contributed by atoms with Gasteiger partial charge < -0.3 is 10.5 Å². The molecule has 2 rings (SSSR count). The lowest BCUT2D eigenvalue weighted by Crippen LogP contribution is -2.42. The summed E-state index contributed by atoms with van der Waals surface area (Å²) in [5.41, 5.74) is 7.49. The number of nitrogens with two attached hydrogens (primary N) is 1. The van der Waals surface area contributed by atoms with E-state index >= 15 is 0 Å². The molecule has 0 saturated carbocycles. The van der Waals surface area contributed by atoms with Crippen molar-refractivity contribution in [2.45, 2.75) is 25.9 Å². The van der Waals surface area contributed by atoms with Crippen LogP contribution < -0.4 is 10.6 Å². The molecule has 1 unspecified atom stereocenters. The van der Waals surface area contributed by atoms with Crippen LogP contribution >= 0.6 is 15.9 Å². The molecule has 1 aromatic rings. The molecule has 4 nitrogen and oxygen atoms in total. The molecule has 98 valence electrons. The summed E-state index contributed by atoms with van der Waals surface area (Å²) in [4.78, 5) is 13.6. The number of carbonyl (C=O) groups is 1. The van der Waals surface area contributed by atoms with E-state index in [1.807, 2.05) is 25.1 Å². The first kappa shape index (κ1) is 13.4. The van der Waals surface area contributed by atoms with Gasteiger partial charge in [0.25, 0.3) is 0 Å². The highest BCUT2D eigenvalue weighted by molar-refractivity contribution is 9.10. The van der Waals surface area contributed by atoms with Crippen LogP contribution in [0.2, 0.25) is 0 Å². The Morgan fingerprint density at radius 1 is 1.56 bits per heavy atom. The van der Waals surface area contributed by atoms with Crippen LogP contribution in [0, 0.1) is 6.92 Å². The summed E-state index contributed by atoms with van der Waals surface area (Å²) < 4.78 is 6.28. The Labute approximate surface area is 115 Å². The Kier molecular flexibility index (Phi) is 4.24. The number of amides is 1. The van der Waals surface area contributed by atoms with Crippen LogP contribution in [0.3, 0.4) is 0 Å². The van der Waals surface area contributed by atoms with Crippen molar-refractivity contribution in [2.75, 3.05) is 18.0 Å². The third-order valence-electron chi connectivity index (χ3n) is 3.05. The number of cyclic esters (lactones) is 1. The predicted octanol–water partition coefficient (Wildman–Crippen LogP) is 2.82. The number of hydrogen-bond acceptors (Lipinski definition) is 3. The fourth-order valence-corrected chi connectivity index (χ4v) is 2.78. The highest BCUT2D eigenvalue weighted by atomic mass is 79.9. The Morgan fingerprint density at radius 2 is 2.33 bits per heavy atom. The zero-order valence-electron chi connectivity index (χ0n) is 10.4. The molecule has 0 spiro atoms. The van der Waals surface area contributed by atoms with Crippen molar-refractivity contribution in [3.63, 3.8) is 0 Å². The van der Waals surface area contributed by atoms with Gasteiger partial charge in [0.1, 0.15) is 6.10 Å². The maximum atomic E-state index is 12.0. The van der Waals surface area contributed by atoms with Gasteiger partial charge in [0.2, 0.25) is 0 Å². The van der Waals surface area contributed by atoms with Gasteiger partial charge in [0.05, 0.1) is 5.69 Å². The number of halogens is 1. The van der Waals surface area contributed by atoms with Gasteiger partial charge in [-0.2, -0.15) is 0 Å². The monoisotopic (exact) mass is 312 g/mol. The molecule has 1 aliphatic heterocycles. The van der Waals surface area contributed by atoms with Crippen LogP contribution in [0.15, 0.2) is 22.7 Å². The minimum absolute atomic E-state index is 0.0389. The van der Waals surface area contributed by atoms with Crippen LogP contribution in [0.4, 0.5) is 10.5 Å². The summed E-state index contributed by atoms with van der Waals surface area (Å²) in [6, 6.07) is 5.91. The van der Waals surface area contributed by atoms with Crippen LogP contribution in [-0.4, -0.2) is 25.3 Å². The van der Waals surface area contributed by atoms with Crippen molar-refractivity contribution in [3.8, 4) is 0 Å². The van der Waals surface area contributed by atoms with Crippen molar-refractivity contribution in [2.24, 2.45) is 5.73 Å². The Balaban J connectivity index is 2.13. The molecule has 18 heavy (non-hydrogen) atoms. The first-order valence-electron chi connectivity index (χ1n) is 6.06. The van der Waals surface area contributed by atoms with E-state index in [0.29, 0.717) is 13.1 Å². The van der Waals surface area contributed by atoms with Crippen molar-refractivity contribution >= 4 is 27.7 Å². The molecule has 1 aromatic carbocycles. The zero-order chi connectivity index (χ0) is 13.1. The van der Waals surface area contributed by atoms with Crippen molar-refractivity contribution < 1.29 is 9.53 Å². The average Bonchev–Trinajstić information content (AvgIpc) is 2.31. The molecule has 1 atom stereocenters. The summed E-state index contributed by atoms with van der Waals surface area (Å²) in [6.45, 7) is 3.23. The van der Waals surface area contributed by atoms with Crippen LogP contribution in [0.1, 0.15) is 18.4 Å². The standard InChI is InChI=1S/C13H17BrN2O2/c1-9-2-3-12(11(14)8-9)16-7-5-10(4-6-15)18-13(16)17/h2-3,8,10H,4-7,15H2,1H3. The first-order chi connectivity index (χ1) is 8.61. The second kappa shape index (κ2) is 5.71. The molecule has 1 heterocycles. The van der Waals surface area contributed by atoms with E-state index in [9.17, 15) is 4.79 Å². The largest absolute Gasteiger partial charge is 0.446 e. The number of anilines is 1. The summed E-state index contributed by atoms with van der Waals surface area (Å²) in [7, 11) is 0. The number of hydrogen-bond donors (Lipinski definition) is 1. The van der Waals surface area contributed by atoms with E-state index in [2.05, 4.69) is 15.9 Å². The van der Waals surface area contributed by atoms with E-state index in [4.69, 9.17) is 10.5 Å². The quantitative estimate of drug-likeness (QED) is 0.933. The van der Waals surface area contributed by atoms with E-state index in [1.165, 1.54) is 0 Å². The molecular formula is C13H17BrN2O2. The summed E-state index contributed by atoms with van der Waals surface area (Å²) in [5, 5.41) is 0. The molecule has 1 amide bonds. The molecular weight excluding hydrogens is 296 g/mol. The minimum Gasteiger partial charge on any atom is -0.446 e. The van der Waals surface area contributed by atoms with Crippen LogP contribution in [0.25, 0.3) is 0 Å². The Morgan fingerprint density at radius 3 is 2.94 bits per heavy atom. The van der Waals surface area contributed by atoms with Gasteiger partial charge in [-0.05, 0) is 53.5 Å². The Hall–Kier alpha value is -1.07. The summed E-state index contributed by atoms with van der Waals surface area (Å²) in [6.07, 6.45) is 1.23. The van der Waals surface area contributed by atoms with Gasteiger partial charge in [-0.1, -0.05) is 6.07 Å². The molecule has 1 fully saturated rings. The molecule has 0 bridgehead atoms. The molecule has 0 radical (unpaired) electrons. The van der Waals surface area contributed by atoms with Crippen LogP contribution in [0.5, 0.6) is 0 Å². The fraction of sp³-hybridized carbons (Fsp3) is 0.462. The maximum absolute atomic E-state index is 12.0. The average molecular weight is 313 g/mol. The van der Waals surface area contributed by atoms with Crippen molar-refractivity contribution in [1.82, 2.24) is 0 Å². The normalized spacial score (nSPS) is 19.8. The lowest BCUT2D eigenvalue weighted by Gasteiger charge is -2.32. The minimum atomic E-state index is -0.288. The van der Waals surface area contributed by atoms with Crippen LogP contribution in [-0.2, 0) is 4.74 Å². The second-order valence-corrected chi connectivity index (χ2v) is 5.33. The fourth-order valence-electron chi connectivity index (χ4n) is 2.07. The molecule has 2 N–H and O–H groups in total. The molecule has 5 heteroatoms. The smallest absolute Gasteiger partial charge is 0.414 e. The van der Waals surface area contributed by atoms with Gasteiger partial charge in [0.15, 0.2) is 0 Å². The number of nitrogens with zero attached hydrogens (tertiary/aromatic N) is 1. The van der Waals surface area contributed by atoms with Gasteiger partial charge in [-0.3, -0.25) is 4.90 Å². The first-order valence-corrected chi connectivity index (χ1v) is 6.85. The lowest BCUT2D eigenvalue weighted by atomic mass is 10.1. The second-order valence-electron chi connectivity index (χ2n) is 4.48. The van der Waals surface area contributed by atoms with E-state index in [-0.39, 0.29) is 12.2 Å². The molecule has 1 aliphatic rings. The van der Waals surface area contributed by atoms with E-state index < -0.39 is 0 Å². The third kappa shape index (κ3) is 2.84. The lowest BCUT2D eigenvalue weighted by molar-refractivity contribution is 0.0806. The highest BCUT2D eigenvalue weighted by Gasteiger charge is 2.28. The number of benzene rings is 1. The Bertz CT molecular complexity index is 451. The number of ether oxygens (including phenoxy) is 1. The van der Waals surface area contributed by atoms with Crippen molar-refractivity contribution in [3.05, 3.63) is 28.2 Å². The van der Waals surface area contributed by atoms with Crippen molar-refractivity contribution in [1.29, 1.82) is 0 Å². The summed E-state index contributed by atoms with van der Waals surface area (Å²) >= 11 is 3.49. The highest BCUT2D eigenvalue weighted by Crippen LogP contribution is 2.30. The number of aryl methyl sites for hydroxylation is 1. The molecule has 0 aromatic heterocycles. The zero-order valence-corrected chi connectivity index (χ0v) is 11.9.